The molecule has 0 saturated heterocycles. The summed E-state index contributed by atoms with van der Waals surface area (Å²) in [4.78, 5) is 8.29. The minimum atomic E-state index is -4.39. The van der Waals surface area contributed by atoms with Crippen LogP contribution in [0.1, 0.15) is 61.3 Å². The number of hydrogen-bond donors (Lipinski definition) is 1. The summed E-state index contributed by atoms with van der Waals surface area (Å²) in [5.41, 5.74) is 0.0241. The first-order chi connectivity index (χ1) is 9.49. The van der Waals surface area contributed by atoms with Crippen molar-refractivity contribution in [1.82, 2.24) is 15.3 Å². The van der Waals surface area contributed by atoms with Crippen molar-refractivity contribution in [2.24, 2.45) is 5.92 Å². The topological polar surface area (TPSA) is 37.8 Å². The number of halogens is 3. The Morgan fingerprint density at radius 2 is 2.00 bits per heavy atom. The standard InChI is InChI=1S/C14H18F3N3/c1-2-8-3-4-9(5-8)13-19-11-7-18-6-10(11)12(20-13)14(15,16)17/h8-9,18H,2-7H2,1H3. The fourth-order valence-corrected chi connectivity index (χ4v) is 3.28. The highest BCUT2D eigenvalue weighted by molar-refractivity contribution is 5.32. The molecule has 6 heteroatoms. The van der Waals surface area contributed by atoms with Gasteiger partial charge in [-0.25, -0.2) is 9.97 Å². The van der Waals surface area contributed by atoms with Crippen LogP contribution in [0.25, 0.3) is 0 Å². The Morgan fingerprint density at radius 1 is 1.20 bits per heavy atom. The zero-order valence-electron chi connectivity index (χ0n) is 11.4. The second-order valence-corrected chi connectivity index (χ2v) is 5.74. The maximum atomic E-state index is 13.1. The molecule has 1 fully saturated rings. The van der Waals surface area contributed by atoms with E-state index >= 15 is 0 Å². The summed E-state index contributed by atoms with van der Waals surface area (Å²) in [6, 6.07) is 0. The van der Waals surface area contributed by atoms with E-state index in [4.69, 9.17) is 0 Å². The van der Waals surface area contributed by atoms with Crippen LogP contribution < -0.4 is 5.32 Å². The van der Waals surface area contributed by atoms with Crippen LogP contribution >= 0.6 is 0 Å². The Labute approximate surface area is 116 Å². The lowest BCUT2D eigenvalue weighted by atomic mass is 10.0. The van der Waals surface area contributed by atoms with Gasteiger partial charge in [0.05, 0.1) is 5.69 Å². The Hall–Kier alpha value is -1.17. The van der Waals surface area contributed by atoms with E-state index in [1.54, 1.807) is 0 Å². The van der Waals surface area contributed by atoms with Gasteiger partial charge in [0.15, 0.2) is 5.69 Å². The number of nitrogens with zero attached hydrogens (tertiary/aromatic N) is 2. The molecule has 2 heterocycles. The first-order valence-electron chi connectivity index (χ1n) is 7.16. The summed E-state index contributed by atoms with van der Waals surface area (Å²) in [5, 5.41) is 2.94. The lowest BCUT2D eigenvalue weighted by molar-refractivity contribution is -0.142. The van der Waals surface area contributed by atoms with Crippen LogP contribution in [0.3, 0.4) is 0 Å². The molecule has 1 aromatic rings. The minimum absolute atomic E-state index is 0.0898. The van der Waals surface area contributed by atoms with E-state index in [2.05, 4.69) is 22.2 Å². The van der Waals surface area contributed by atoms with Crippen LogP contribution in [0, 0.1) is 5.92 Å². The van der Waals surface area contributed by atoms with Crippen LogP contribution in [-0.4, -0.2) is 9.97 Å². The van der Waals surface area contributed by atoms with Crippen molar-refractivity contribution < 1.29 is 13.2 Å². The summed E-state index contributed by atoms with van der Waals surface area (Å²) in [6.45, 7) is 2.76. The lowest BCUT2D eigenvalue weighted by Gasteiger charge is -2.15. The van der Waals surface area contributed by atoms with Crippen LogP contribution in [0.15, 0.2) is 0 Å². The van der Waals surface area contributed by atoms with Gasteiger partial charge in [-0.2, -0.15) is 13.2 Å². The molecule has 0 bridgehead atoms. The Morgan fingerprint density at radius 3 is 2.65 bits per heavy atom. The SMILES string of the molecule is CCC1CCC(c2nc3c(c(C(F)(F)F)n2)CNC3)C1. The summed E-state index contributed by atoms with van der Waals surface area (Å²) in [5.74, 6) is 1.09. The van der Waals surface area contributed by atoms with Gasteiger partial charge in [-0.05, 0) is 25.2 Å². The monoisotopic (exact) mass is 285 g/mol. The number of alkyl halides is 3. The van der Waals surface area contributed by atoms with Crippen LogP contribution in [0.4, 0.5) is 13.2 Å². The van der Waals surface area contributed by atoms with E-state index in [1.165, 1.54) is 0 Å². The normalized spacial score (nSPS) is 26.0. The third-order valence-electron chi connectivity index (χ3n) is 4.46. The molecule has 0 spiro atoms. The van der Waals surface area contributed by atoms with Crippen molar-refractivity contribution in [3.8, 4) is 0 Å². The van der Waals surface area contributed by atoms with Gasteiger partial charge in [0, 0.05) is 24.6 Å². The summed E-state index contributed by atoms with van der Waals surface area (Å²) in [7, 11) is 0. The predicted molar refractivity (Wildman–Crippen MR) is 68.0 cm³/mol. The van der Waals surface area contributed by atoms with Gasteiger partial charge >= 0.3 is 6.18 Å². The van der Waals surface area contributed by atoms with E-state index < -0.39 is 11.9 Å². The molecule has 0 aromatic carbocycles. The zero-order chi connectivity index (χ0) is 14.3. The summed E-state index contributed by atoms with van der Waals surface area (Å²) < 4.78 is 39.4. The van der Waals surface area contributed by atoms with E-state index in [0.717, 1.165) is 25.7 Å². The predicted octanol–water partition coefficient (Wildman–Crippen LogP) is 3.39. The van der Waals surface area contributed by atoms with E-state index in [0.29, 0.717) is 24.0 Å². The van der Waals surface area contributed by atoms with Crippen molar-refractivity contribution >= 4 is 0 Å². The van der Waals surface area contributed by atoms with E-state index in [1.807, 2.05) is 0 Å². The van der Waals surface area contributed by atoms with Crippen LogP contribution in [0.5, 0.6) is 0 Å². The van der Waals surface area contributed by atoms with Crippen molar-refractivity contribution in [2.75, 3.05) is 0 Å². The number of fused-ring (bicyclic) bond motifs is 1. The first kappa shape index (κ1) is 13.8. The van der Waals surface area contributed by atoms with Crippen molar-refractivity contribution in [3.63, 3.8) is 0 Å². The van der Waals surface area contributed by atoms with Gasteiger partial charge in [-0.1, -0.05) is 13.3 Å². The average molecular weight is 285 g/mol. The van der Waals surface area contributed by atoms with Gasteiger partial charge in [-0.15, -0.1) is 0 Å². The Balaban J connectivity index is 1.97. The number of rotatable bonds is 2. The second kappa shape index (κ2) is 4.98. The Bertz CT molecular complexity index is 513. The molecule has 20 heavy (non-hydrogen) atoms. The third-order valence-corrected chi connectivity index (χ3v) is 4.46. The molecule has 1 aliphatic carbocycles. The molecule has 1 saturated carbocycles. The van der Waals surface area contributed by atoms with Gasteiger partial charge in [0.2, 0.25) is 0 Å². The molecule has 0 radical (unpaired) electrons. The molecule has 2 aliphatic rings. The number of hydrogen-bond acceptors (Lipinski definition) is 3. The van der Waals surface area contributed by atoms with Crippen molar-refractivity contribution in [1.29, 1.82) is 0 Å². The summed E-state index contributed by atoms with van der Waals surface area (Å²) >= 11 is 0. The zero-order valence-corrected chi connectivity index (χ0v) is 11.4. The smallest absolute Gasteiger partial charge is 0.307 e. The molecule has 2 unspecified atom stereocenters. The highest BCUT2D eigenvalue weighted by Gasteiger charge is 2.39. The van der Waals surface area contributed by atoms with Crippen LogP contribution in [-0.2, 0) is 19.3 Å². The molecule has 0 amide bonds. The van der Waals surface area contributed by atoms with E-state index in [-0.39, 0.29) is 18.0 Å². The maximum absolute atomic E-state index is 13.1. The largest absolute Gasteiger partial charge is 0.433 e. The maximum Gasteiger partial charge on any atom is 0.433 e. The molecule has 2 atom stereocenters. The third kappa shape index (κ3) is 2.41. The van der Waals surface area contributed by atoms with Crippen molar-refractivity contribution in [3.05, 3.63) is 22.8 Å². The molecule has 3 nitrogen and oxygen atoms in total. The molecule has 1 N–H and O–H groups in total. The number of nitrogens with one attached hydrogen (secondary N) is 1. The highest BCUT2D eigenvalue weighted by Crippen LogP contribution is 2.40. The molecule has 110 valence electrons. The molecular weight excluding hydrogens is 267 g/mol. The lowest BCUT2D eigenvalue weighted by Crippen LogP contribution is -2.17. The quantitative estimate of drug-likeness (QED) is 0.905. The fraction of sp³-hybridized carbons (Fsp3) is 0.714. The average Bonchev–Trinajstić information content (AvgIpc) is 3.04. The van der Waals surface area contributed by atoms with Crippen molar-refractivity contribution in [2.45, 2.75) is 57.8 Å². The van der Waals surface area contributed by atoms with E-state index in [9.17, 15) is 13.2 Å². The fourth-order valence-electron chi connectivity index (χ4n) is 3.28. The molecule has 1 aliphatic heterocycles. The first-order valence-corrected chi connectivity index (χ1v) is 7.16. The highest BCUT2D eigenvalue weighted by atomic mass is 19.4. The summed E-state index contributed by atoms with van der Waals surface area (Å²) in [6.07, 6.45) is -0.422. The van der Waals surface area contributed by atoms with Gasteiger partial charge in [0.1, 0.15) is 5.82 Å². The van der Waals surface area contributed by atoms with Gasteiger partial charge in [0.25, 0.3) is 0 Å². The second-order valence-electron chi connectivity index (χ2n) is 5.74. The minimum Gasteiger partial charge on any atom is -0.307 e. The Kier molecular flexibility index (Phi) is 3.44. The molecule has 1 aromatic heterocycles. The number of aromatic nitrogens is 2. The van der Waals surface area contributed by atoms with Gasteiger partial charge in [-0.3, -0.25) is 0 Å². The van der Waals surface area contributed by atoms with Gasteiger partial charge < -0.3 is 5.32 Å². The van der Waals surface area contributed by atoms with Crippen LogP contribution in [0.2, 0.25) is 0 Å². The molecule has 3 rings (SSSR count). The molecular formula is C14H18F3N3.